The fourth-order valence-electron chi connectivity index (χ4n) is 1.75. The van der Waals surface area contributed by atoms with Crippen molar-refractivity contribution in [1.29, 1.82) is 0 Å². The first-order valence-corrected chi connectivity index (χ1v) is 5.19. The van der Waals surface area contributed by atoms with Gasteiger partial charge in [-0.05, 0) is 13.8 Å². The maximum Gasteiger partial charge on any atom is 0.233 e. The molecule has 0 aliphatic rings. The first-order chi connectivity index (χ1) is 8.15. The first kappa shape index (κ1) is 9.95. The lowest BCUT2D eigenvalue weighted by Gasteiger charge is -2.04. The second kappa shape index (κ2) is 3.38. The Kier molecular flexibility index (Phi) is 1.98. The number of hydrogen-bond acceptors (Lipinski definition) is 3. The highest BCUT2D eigenvalue weighted by atomic mass is 19.1. The molecule has 0 aliphatic carbocycles. The maximum atomic E-state index is 12.9. The zero-order chi connectivity index (χ0) is 12.0. The maximum absolute atomic E-state index is 12.9. The molecule has 0 bridgehead atoms. The molecule has 0 unspecified atom stereocenters. The van der Waals surface area contributed by atoms with Crippen LogP contribution < -0.4 is 0 Å². The summed E-state index contributed by atoms with van der Waals surface area (Å²) in [6, 6.07) is 3.11. The normalized spacial score (nSPS) is 11.2. The van der Waals surface area contributed by atoms with Crippen LogP contribution in [0.1, 0.15) is 11.3 Å². The monoisotopic (exact) mass is 231 g/mol. The van der Waals surface area contributed by atoms with Crippen molar-refractivity contribution < 1.29 is 4.39 Å². The van der Waals surface area contributed by atoms with Crippen LogP contribution in [0.15, 0.2) is 24.5 Å². The van der Waals surface area contributed by atoms with E-state index in [4.69, 9.17) is 0 Å². The van der Waals surface area contributed by atoms with Crippen molar-refractivity contribution in [2.24, 2.45) is 0 Å². The minimum absolute atomic E-state index is 0.519. The summed E-state index contributed by atoms with van der Waals surface area (Å²) < 4.78 is 16.0. The van der Waals surface area contributed by atoms with Gasteiger partial charge in [0.25, 0.3) is 0 Å². The molecule has 0 aliphatic heterocycles. The summed E-state index contributed by atoms with van der Waals surface area (Å²) in [6.45, 7) is 3.85. The number of halogens is 1. The third-order valence-electron chi connectivity index (χ3n) is 2.60. The zero-order valence-electron chi connectivity index (χ0n) is 9.42. The van der Waals surface area contributed by atoms with E-state index in [0.29, 0.717) is 5.82 Å². The molecule has 3 aromatic heterocycles. The number of hydrogen-bond donors (Lipinski definition) is 0. The Hall–Kier alpha value is -2.24. The topological polar surface area (TPSA) is 48.0 Å². The van der Waals surface area contributed by atoms with Crippen LogP contribution in [0, 0.1) is 19.8 Å². The molecule has 6 heteroatoms. The van der Waals surface area contributed by atoms with Gasteiger partial charge in [0.05, 0.1) is 6.20 Å². The van der Waals surface area contributed by atoms with Crippen molar-refractivity contribution in [3.05, 3.63) is 41.7 Å². The summed E-state index contributed by atoms with van der Waals surface area (Å²) in [5, 5.41) is 7.91. The molecule has 0 saturated heterocycles. The fraction of sp³-hybridized carbons (Fsp3) is 0.182. The van der Waals surface area contributed by atoms with E-state index in [9.17, 15) is 4.39 Å². The van der Waals surface area contributed by atoms with Gasteiger partial charge in [-0.1, -0.05) is 0 Å². The Morgan fingerprint density at radius 1 is 1.29 bits per heavy atom. The highest BCUT2D eigenvalue weighted by molar-refractivity contribution is 5.49. The van der Waals surface area contributed by atoms with Gasteiger partial charge in [0.1, 0.15) is 0 Å². The van der Waals surface area contributed by atoms with E-state index in [1.165, 1.54) is 10.7 Å². The lowest BCUT2D eigenvalue weighted by Crippen LogP contribution is -2.04. The van der Waals surface area contributed by atoms with Crippen molar-refractivity contribution in [1.82, 2.24) is 24.4 Å². The van der Waals surface area contributed by atoms with Crippen LogP contribution in [-0.2, 0) is 0 Å². The van der Waals surface area contributed by atoms with Crippen LogP contribution in [0.25, 0.3) is 11.5 Å². The predicted octanol–water partition coefficient (Wildman–Crippen LogP) is 1.67. The van der Waals surface area contributed by atoms with Gasteiger partial charge in [-0.2, -0.15) is 9.49 Å². The van der Waals surface area contributed by atoms with Crippen molar-refractivity contribution in [2.45, 2.75) is 13.8 Å². The molecule has 0 spiro atoms. The molecular weight excluding hydrogens is 221 g/mol. The zero-order valence-corrected chi connectivity index (χ0v) is 9.42. The predicted molar refractivity (Wildman–Crippen MR) is 59.5 cm³/mol. The Morgan fingerprint density at radius 3 is 2.82 bits per heavy atom. The number of nitrogens with zero attached hydrogens (tertiary/aromatic N) is 5. The van der Waals surface area contributed by atoms with Gasteiger partial charge >= 0.3 is 0 Å². The van der Waals surface area contributed by atoms with E-state index < -0.39 is 5.95 Å². The smallest absolute Gasteiger partial charge is 0.220 e. The number of rotatable bonds is 1. The summed E-state index contributed by atoms with van der Waals surface area (Å²) >= 11 is 0. The Morgan fingerprint density at radius 2 is 2.12 bits per heavy atom. The van der Waals surface area contributed by atoms with Gasteiger partial charge in [0.15, 0.2) is 11.5 Å². The van der Waals surface area contributed by atoms with Crippen molar-refractivity contribution >= 4 is 5.65 Å². The van der Waals surface area contributed by atoms with Gasteiger partial charge < -0.3 is 0 Å². The van der Waals surface area contributed by atoms with Crippen LogP contribution in [0.2, 0.25) is 0 Å². The van der Waals surface area contributed by atoms with Gasteiger partial charge in [-0.25, -0.2) is 14.2 Å². The molecule has 0 radical (unpaired) electrons. The molecule has 0 aromatic carbocycles. The molecule has 3 aromatic rings. The Labute approximate surface area is 96.5 Å². The molecular formula is C11H10FN5. The summed E-state index contributed by atoms with van der Waals surface area (Å²) in [7, 11) is 0. The van der Waals surface area contributed by atoms with Gasteiger partial charge in [0.2, 0.25) is 5.95 Å². The van der Waals surface area contributed by atoms with Gasteiger partial charge in [-0.3, -0.25) is 0 Å². The standard InChI is InChI=1S/C11H10FN5/c1-7-6-13-17-8(2)5-10(14-11(7)17)16-4-3-9(12)15-16/h3-6H,1-2H3. The largest absolute Gasteiger partial charge is 0.233 e. The highest BCUT2D eigenvalue weighted by Crippen LogP contribution is 2.13. The number of aryl methyl sites for hydroxylation is 2. The van der Waals surface area contributed by atoms with E-state index in [0.717, 1.165) is 16.9 Å². The number of fused-ring (bicyclic) bond motifs is 1. The fourth-order valence-corrected chi connectivity index (χ4v) is 1.75. The van der Waals surface area contributed by atoms with E-state index in [1.54, 1.807) is 16.9 Å². The molecule has 0 atom stereocenters. The molecule has 86 valence electrons. The Balaban J connectivity index is 2.27. The second-order valence-corrected chi connectivity index (χ2v) is 3.90. The second-order valence-electron chi connectivity index (χ2n) is 3.90. The third kappa shape index (κ3) is 1.49. The molecule has 0 amide bonds. The quantitative estimate of drug-likeness (QED) is 0.640. The van der Waals surface area contributed by atoms with Gasteiger partial charge in [0, 0.05) is 29.6 Å². The van der Waals surface area contributed by atoms with Crippen molar-refractivity contribution in [3.63, 3.8) is 0 Å². The van der Waals surface area contributed by atoms with E-state index in [-0.39, 0.29) is 0 Å². The lowest BCUT2D eigenvalue weighted by atomic mass is 10.3. The van der Waals surface area contributed by atoms with Crippen LogP contribution in [0.5, 0.6) is 0 Å². The van der Waals surface area contributed by atoms with Crippen LogP contribution in [0.3, 0.4) is 0 Å². The van der Waals surface area contributed by atoms with Crippen LogP contribution >= 0.6 is 0 Å². The van der Waals surface area contributed by atoms with Gasteiger partial charge in [-0.15, -0.1) is 5.10 Å². The van der Waals surface area contributed by atoms with Crippen LogP contribution in [0.4, 0.5) is 4.39 Å². The molecule has 3 heterocycles. The molecule has 3 rings (SSSR count). The van der Waals surface area contributed by atoms with E-state index in [2.05, 4.69) is 15.2 Å². The Bertz CT molecular complexity index is 697. The molecule has 0 saturated carbocycles. The summed E-state index contributed by atoms with van der Waals surface area (Å²) in [4.78, 5) is 4.41. The molecule has 5 nitrogen and oxygen atoms in total. The molecule has 0 N–H and O–H groups in total. The lowest BCUT2D eigenvalue weighted by molar-refractivity contribution is 0.564. The van der Waals surface area contributed by atoms with Crippen LogP contribution in [-0.4, -0.2) is 24.4 Å². The van der Waals surface area contributed by atoms with E-state index in [1.807, 2.05) is 19.9 Å². The number of aromatic nitrogens is 5. The average molecular weight is 231 g/mol. The minimum atomic E-state index is -0.519. The highest BCUT2D eigenvalue weighted by Gasteiger charge is 2.08. The summed E-state index contributed by atoms with van der Waals surface area (Å²) in [6.07, 6.45) is 3.29. The molecule has 0 fully saturated rings. The summed E-state index contributed by atoms with van der Waals surface area (Å²) in [5.41, 5.74) is 2.66. The summed E-state index contributed by atoms with van der Waals surface area (Å²) in [5.74, 6) is 0.0667. The first-order valence-electron chi connectivity index (χ1n) is 5.19. The minimum Gasteiger partial charge on any atom is -0.220 e. The van der Waals surface area contributed by atoms with Crippen molar-refractivity contribution in [3.8, 4) is 5.82 Å². The third-order valence-corrected chi connectivity index (χ3v) is 2.60. The van der Waals surface area contributed by atoms with E-state index >= 15 is 0 Å². The SMILES string of the molecule is Cc1cnn2c(C)cc(-n3ccc(F)n3)nc12. The van der Waals surface area contributed by atoms with Crippen molar-refractivity contribution in [2.75, 3.05) is 0 Å². The molecule has 17 heavy (non-hydrogen) atoms. The average Bonchev–Trinajstić information content (AvgIpc) is 2.87.